The largest absolute Gasteiger partial charge is 0.388 e. The number of para-hydroxylation sites is 1. The predicted octanol–water partition coefficient (Wildman–Crippen LogP) is 2.55. The molecule has 1 N–H and O–H groups in total. The number of nitrogens with zero attached hydrogens (tertiary/aromatic N) is 3. The van der Waals surface area contributed by atoms with Crippen molar-refractivity contribution < 1.29 is 15.0 Å². The van der Waals surface area contributed by atoms with E-state index in [-0.39, 0.29) is 0 Å². The van der Waals surface area contributed by atoms with E-state index in [2.05, 4.69) is 27.0 Å². The molecule has 0 saturated carbocycles. The van der Waals surface area contributed by atoms with Crippen LogP contribution in [0.3, 0.4) is 0 Å². The average molecular weight is 323 g/mol. The summed E-state index contributed by atoms with van der Waals surface area (Å²) in [6, 6.07) is 16.9. The molecule has 0 bridgehead atoms. The van der Waals surface area contributed by atoms with E-state index in [9.17, 15) is 5.26 Å². The molecule has 0 aliphatic carbocycles. The lowest BCUT2D eigenvalue weighted by Gasteiger charge is -2.26. The minimum absolute atomic E-state index is 0.608. The third-order valence-corrected chi connectivity index (χ3v) is 3.77. The number of benzene rings is 2. The van der Waals surface area contributed by atoms with E-state index in [1.807, 2.05) is 54.6 Å². The van der Waals surface area contributed by atoms with Crippen LogP contribution < -0.4 is 4.84 Å². The van der Waals surface area contributed by atoms with Gasteiger partial charge in [-0.1, -0.05) is 47.0 Å². The highest BCUT2D eigenvalue weighted by atomic mass is 17.1. The third-order valence-electron chi connectivity index (χ3n) is 3.77. The Hall–Kier alpha value is -2.88. The first-order valence-electron chi connectivity index (χ1n) is 7.51. The van der Waals surface area contributed by atoms with Gasteiger partial charge >= 0.3 is 0 Å². The van der Waals surface area contributed by atoms with Crippen LogP contribution >= 0.6 is 0 Å². The molecule has 122 valence electrons. The van der Waals surface area contributed by atoms with Crippen LogP contribution in [0.5, 0.6) is 0 Å². The highest BCUT2D eigenvalue weighted by molar-refractivity contribution is 5.73. The Bertz CT molecular complexity index is 882. The molecule has 0 amide bonds. The van der Waals surface area contributed by atoms with Crippen molar-refractivity contribution in [2.75, 3.05) is 0 Å². The quantitative estimate of drug-likeness (QED) is 0.454. The molecule has 24 heavy (non-hydrogen) atoms. The molecule has 1 aromatic heterocycles. The lowest BCUT2D eigenvalue weighted by molar-refractivity contribution is -0.321. The minimum atomic E-state index is -1.23. The van der Waals surface area contributed by atoms with Crippen LogP contribution in [0.4, 0.5) is 0 Å². The van der Waals surface area contributed by atoms with E-state index in [4.69, 9.17) is 4.84 Å². The first-order valence-corrected chi connectivity index (χ1v) is 7.51. The summed E-state index contributed by atoms with van der Waals surface area (Å²) in [5.74, 6) is 5.89. The standard InChI is InChI=1S/C18H17N3O3/c1-14(23-21-17-11-7-6-10-16(17)19-20-21)18(2,24-22)13-12-15-8-4-3-5-9-15/h3-11,14,22H,1-2H3/t14-,18?/m1/s1. The summed E-state index contributed by atoms with van der Waals surface area (Å²) in [7, 11) is 0. The maximum absolute atomic E-state index is 9.35. The molecule has 6 nitrogen and oxygen atoms in total. The van der Waals surface area contributed by atoms with Crippen molar-refractivity contribution in [2.24, 2.45) is 0 Å². The number of hydrogen-bond acceptors (Lipinski definition) is 5. The maximum atomic E-state index is 9.35. The van der Waals surface area contributed by atoms with Gasteiger partial charge in [-0.3, -0.25) is 5.26 Å². The van der Waals surface area contributed by atoms with Gasteiger partial charge in [-0.05, 0) is 43.3 Å². The number of rotatable bonds is 4. The van der Waals surface area contributed by atoms with Gasteiger partial charge in [0.25, 0.3) is 0 Å². The Labute approximate surface area is 139 Å². The summed E-state index contributed by atoms with van der Waals surface area (Å²) in [6.45, 7) is 3.39. The van der Waals surface area contributed by atoms with Crippen molar-refractivity contribution in [2.45, 2.75) is 25.6 Å². The molecule has 3 aromatic rings. The molecule has 0 aliphatic rings. The molecule has 2 atom stereocenters. The van der Waals surface area contributed by atoms with E-state index >= 15 is 0 Å². The molecule has 0 spiro atoms. The fourth-order valence-corrected chi connectivity index (χ4v) is 2.09. The van der Waals surface area contributed by atoms with Crippen molar-refractivity contribution in [1.29, 1.82) is 0 Å². The fraction of sp³-hybridized carbons (Fsp3) is 0.222. The topological polar surface area (TPSA) is 69.4 Å². The Kier molecular flexibility index (Phi) is 4.47. The van der Waals surface area contributed by atoms with Crippen molar-refractivity contribution in [3.05, 3.63) is 60.2 Å². The van der Waals surface area contributed by atoms with Crippen molar-refractivity contribution >= 4 is 11.0 Å². The Morgan fingerprint density at radius 2 is 1.83 bits per heavy atom. The van der Waals surface area contributed by atoms with Crippen molar-refractivity contribution in [1.82, 2.24) is 15.2 Å². The normalized spacial score (nSPS) is 14.5. The first-order chi connectivity index (χ1) is 11.6. The zero-order valence-electron chi connectivity index (χ0n) is 13.4. The average Bonchev–Trinajstić information content (AvgIpc) is 3.03. The molecular weight excluding hydrogens is 306 g/mol. The van der Waals surface area contributed by atoms with Crippen molar-refractivity contribution in [3.63, 3.8) is 0 Å². The van der Waals surface area contributed by atoms with Crippen LogP contribution in [0.2, 0.25) is 0 Å². The van der Waals surface area contributed by atoms with Gasteiger partial charge in [0, 0.05) is 5.56 Å². The molecule has 0 saturated heterocycles. The second kappa shape index (κ2) is 6.71. The van der Waals surface area contributed by atoms with Crippen LogP contribution in [-0.4, -0.2) is 32.1 Å². The molecule has 1 heterocycles. The molecule has 1 unspecified atom stereocenters. The summed E-state index contributed by atoms with van der Waals surface area (Å²) < 4.78 is 0. The molecular formula is C18H17N3O3. The lowest BCUT2D eigenvalue weighted by Crippen LogP contribution is -2.45. The minimum Gasteiger partial charge on any atom is -0.388 e. The maximum Gasteiger partial charge on any atom is 0.199 e. The Balaban J connectivity index is 1.83. The number of hydrogen-bond donors (Lipinski definition) is 1. The molecule has 0 fully saturated rings. The van der Waals surface area contributed by atoms with Gasteiger partial charge in [0.15, 0.2) is 11.7 Å². The van der Waals surface area contributed by atoms with Crippen LogP contribution in [0.1, 0.15) is 19.4 Å². The van der Waals surface area contributed by atoms with E-state index < -0.39 is 11.7 Å². The van der Waals surface area contributed by atoms with Crippen LogP contribution in [0.25, 0.3) is 11.0 Å². The summed E-state index contributed by atoms with van der Waals surface area (Å²) in [4.78, 5) is 11.7. The van der Waals surface area contributed by atoms with E-state index in [0.717, 1.165) is 11.1 Å². The molecule has 6 heteroatoms. The van der Waals surface area contributed by atoms with Crippen molar-refractivity contribution in [3.8, 4) is 11.8 Å². The predicted molar refractivity (Wildman–Crippen MR) is 89.0 cm³/mol. The smallest absolute Gasteiger partial charge is 0.199 e. The second-order valence-electron chi connectivity index (χ2n) is 5.51. The van der Waals surface area contributed by atoms with Gasteiger partial charge in [-0.25, -0.2) is 4.89 Å². The molecule has 0 radical (unpaired) electrons. The first kappa shape index (κ1) is 16.0. The zero-order chi connectivity index (χ0) is 17.0. The molecule has 2 aromatic carbocycles. The number of fused-ring (bicyclic) bond motifs is 1. The Morgan fingerprint density at radius 3 is 2.58 bits per heavy atom. The lowest BCUT2D eigenvalue weighted by atomic mass is 10.0. The zero-order valence-corrected chi connectivity index (χ0v) is 13.4. The van der Waals surface area contributed by atoms with E-state index in [1.165, 1.54) is 4.85 Å². The summed E-state index contributed by atoms with van der Waals surface area (Å²) in [5.41, 5.74) is 1.02. The SMILES string of the molecule is C[C@@H](On1nnc2ccccc21)C(C)(C#Cc1ccccc1)OO. The molecule has 3 rings (SSSR count). The third kappa shape index (κ3) is 3.23. The van der Waals surface area contributed by atoms with Crippen LogP contribution in [0, 0.1) is 11.8 Å². The monoisotopic (exact) mass is 323 g/mol. The summed E-state index contributed by atoms with van der Waals surface area (Å²) in [5, 5.41) is 17.3. The summed E-state index contributed by atoms with van der Waals surface area (Å²) >= 11 is 0. The highest BCUT2D eigenvalue weighted by Crippen LogP contribution is 2.17. The van der Waals surface area contributed by atoms with E-state index in [1.54, 1.807) is 13.8 Å². The van der Waals surface area contributed by atoms with Gasteiger partial charge in [0.2, 0.25) is 0 Å². The van der Waals surface area contributed by atoms with Crippen LogP contribution in [-0.2, 0) is 4.89 Å². The van der Waals surface area contributed by atoms with Gasteiger partial charge in [-0.2, -0.15) is 0 Å². The van der Waals surface area contributed by atoms with E-state index in [0.29, 0.717) is 5.52 Å². The molecule has 0 aliphatic heterocycles. The highest BCUT2D eigenvalue weighted by Gasteiger charge is 2.34. The van der Waals surface area contributed by atoms with Gasteiger partial charge in [0.1, 0.15) is 11.0 Å². The Morgan fingerprint density at radius 1 is 1.12 bits per heavy atom. The van der Waals surface area contributed by atoms with Gasteiger partial charge in [-0.15, -0.1) is 5.10 Å². The number of aromatic nitrogens is 3. The van der Waals surface area contributed by atoms with Gasteiger partial charge in [0.05, 0.1) is 0 Å². The fourth-order valence-electron chi connectivity index (χ4n) is 2.09. The second-order valence-corrected chi connectivity index (χ2v) is 5.51. The van der Waals surface area contributed by atoms with Gasteiger partial charge < -0.3 is 4.84 Å². The summed E-state index contributed by atoms with van der Waals surface area (Å²) in [6.07, 6.45) is -0.608. The van der Waals surface area contributed by atoms with Crippen LogP contribution in [0.15, 0.2) is 54.6 Å².